The van der Waals surface area contributed by atoms with Gasteiger partial charge in [0, 0.05) is 5.69 Å². The van der Waals surface area contributed by atoms with Crippen molar-refractivity contribution in [2.45, 2.75) is 6.61 Å². The van der Waals surface area contributed by atoms with Gasteiger partial charge in [0.05, 0.1) is 12.7 Å². The number of hydrogen-bond donors (Lipinski definition) is 1. The van der Waals surface area contributed by atoms with Gasteiger partial charge < -0.3 is 29.0 Å². The molecule has 0 saturated carbocycles. The van der Waals surface area contributed by atoms with E-state index in [0.29, 0.717) is 36.1 Å². The van der Waals surface area contributed by atoms with Gasteiger partial charge in [-0.2, -0.15) is 8.78 Å². The Balaban J connectivity index is 1.57. The Morgan fingerprint density at radius 2 is 1.86 bits per heavy atom. The van der Waals surface area contributed by atoms with Crippen LogP contribution in [0.15, 0.2) is 36.4 Å². The van der Waals surface area contributed by atoms with Gasteiger partial charge in [-0.25, -0.2) is 4.79 Å². The molecule has 0 aliphatic carbocycles. The van der Waals surface area contributed by atoms with Crippen molar-refractivity contribution in [1.82, 2.24) is 0 Å². The van der Waals surface area contributed by atoms with Crippen LogP contribution in [0.2, 0.25) is 0 Å². The number of anilines is 1. The fraction of sp³-hybridized carbons (Fsp3) is 0.263. The van der Waals surface area contributed by atoms with Crippen LogP contribution >= 0.6 is 0 Å². The van der Waals surface area contributed by atoms with Crippen LogP contribution in [-0.4, -0.2) is 45.4 Å². The molecule has 0 fully saturated rings. The summed E-state index contributed by atoms with van der Waals surface area (Å²) < 4.78 is 49.6. The Morgan fingerprint density at radius 3 is 2.55 bits per heavy atom. The van der Waals surface area contributed by atoms with Crippen LogP contribution in [0.4, 0.5) is 14.5 Å². The van der Waals surface area contributed by atoms with Crippen LogP contribution in [0, 0.1) is 0 Å². The molecule has 10 heteroatoms. The highest BCUT2D eigenvalue weighted by Gasteiger charge is 2.22. The fourth-order valence-corrected chi connectivity index (χ4v) is 2.52. The van der Waals surface area contributed by atoms with E-state index in [2.05, 4.69) is 10.1 Å². The lowest BCUT2D eigenvalue weighted by atomic mass is 10.1. The van der Waals surface area contributed by atoms with Crippen molar-refractivity contribution in [2.24, 2.45) is 0 Å². The normalized spacial score (nSPS) is 12.3. The maximum atomic E-state index is 12.3. The number of carbonyl (C=O) groups excluding carboxylic acids is 2. The van der Waals surface area contributed by atoms with Crippen LogP contribution in [0.25, 0.3) is 0 Å². The summed E-state index contributed by atoms with van der Waals surface area (Å²) in [6, 6.07) is 8.17. The summed E-state index contributed by atoms with van der Waals surface area (Å²) >= 11 is 0. The van der Waals surface area contributed by atoms with E-state index in [1.54, 1.807) is 0 Å². The van der Waals surface area contributed by atoms with E-state index in [0.717, 1.165) is 0 Å². The number of nitrogens with one attached hydrogen (secondary N) is 1. The van der Waals surface area contributed by atoms with Gasteiger partial charge in [-0.15, -0.1) is 0 Å². The van der Waals surface area contributed by atoms with Gasteiger partial charge >= 0.3 is 12.6 Å². The van der Waals surface area contributed by atoms with E-state index in [1.165, 1.54) is 43.5 Å². The summed E-state index contributed by atoms with van der Waals surface area (Å²) in [5, 5.41) is 2.47. The van der Waals surface area contributed by atoms with Crippen LogP contribution in [-0.2, 0) is 9.53 Å². The number of hydrogen-bond acceptors (Lipinski definition) is 7. The fourth-order valence-electron chi connectivity index (χ4n) is 2.52. The van der Waals surface area contributed by atoms with Crippen molar-refractivity contribution < 1.29 is 42.1 Å². The van der Waals surface area contributed by atoms with Crippen molar-refractivity contribution in [2.75, 3.05) is 32.2 Å². The molecule has 1 N–H and O–H groups in total. The second kappa shape index (κ2) is 9.09. The molecule has 0 radical (unpaired) electrons. The van der Waals surface area contributed by atoms with Crippen molar-refractivity contribution in [3.8, 4) is 23.0 Å². The van der Waals surface area contributed by atoms with Crippen molar-refractivity contribution >= 4 is 17.6 Å². The molecule has 1 aliphatic heterocycles. The smallest absolute Gasteiger partial charge is 0.387 e. The zero-order chi connectivity index (χ0) is 20.8. The largest absolute Gasteiger partial charge is 0.493 e. The third kappa shape index (κ3) is 5.24. The molecule has 0 saturated heterocycles. The molecule has 0 atom stereocenters. The SMILES string of the molecule is COc1cc(C(=O)OCC(=O)Nc2ccc(OC(F)F)cc2)cc2c1OCCO2. The Bertz CT molecular complexity index is 870. The number of amides is 1. The second-order valence-electron chi connectivity index (χ2n) is 5.73. The number of rotatable bonds is 7. The second-order valence-corrected chi connectivity index (χ2v) is 5.73. The standard InChI is InChI=1S/C19H17F2NO7/c1-25-14-8-11(9-15-17(14)27-7-6-26-15)18(24)28-10-16(23)22-12-2-4-13(5-3-12)29-19(20)21/h2-5,8-9,19H,6-7,10H2,1H3,(H,22,23). The van der Waals surface area contributed by atoms with E-state index in [-0.39, 0.29) is 11.3 Å². The molecule has 8 nitrogen and oxygen atoms in total. The van der Waals surface area contributed by atoms with Gasteiger partial charge in [0.25, 0.3) is 5.91 Å². The van der Waals surface area contributed by atoms with Gasteiger partial charge in [-0.3, -0.25) is 4.79 Å². The molecule has 3 rings (SSSR count). The van der Waals surface area contributed by atoms with Crippen LogP contribution in [0.1, 0.15) is 10.4 Å². The molecule has 0 aromatic heterocycles. The third-order valence-corrected chi connectivity index (χ3v) is 3.76. The topological polar surface area (TPSA) is 92.3 Å². The quantitative estimate of drug-likeness (QED) is 0.703. The first-order valence-corrected chi connectivity index (χ1v) is 8.45. The number of carbonyl (C=O) groups is 2. The van der Waals surface area contributed by atoms with E-state index < -0.39 is 25.1 Å². The van der Waals surface area contributed by atoms with Crippen molar-refractivity contribution in [3.63, 3.8) is 0 Å². The summed E-state index contributed by atoms with van der Waals surface area (Å²) in [5.41, 5.74) is 0.459. The van der Waals surface area contributed by atoms with Crippen molar-refractivity contribution in [3.05, 3.63) is 42.0 Å². The number of methoxy groups -OCH3 is 1. The van der Waals surface area contributed by atoms with E-state index in [9.17, 15) is 18.4 Å². The number of halogens is 2. The average Bonchev–Trinajstić information content (AvgIpc) is 2.72. The van der Waals surface area contributed by atoms with Gasteiger partial charge in [0.15, 0.2) is 18.1 Å². The molecule has 0 spiro atoms. The lowest BCUT2D eigenvalue weighted by Crippen LogP contribution is -2.21. The Kier molecular flexibility index (Phi) is 6.32. The number of fused-ring (bicyclic) bond motifs is 1. The summed E-state index contributed by atoms with van der Waals surface area (Å²) in [4.78, 5) is 24.2. The minimum absolute atomic E-state index is 0.0445. The third-order valence-electron chi connectivity index (χ3n) is 3.76. The molecule has 154 valence electrons. The monoisotopic (exact) mass is 409 g/mol. The molecule has 2 aromatic rings. The van der Waals surface area contributed by atoms with E-state index in [1.807, 2.05) is 0 Å². The number of ether oxygens (including phenoxy) is 5. The first kappa shape index (κ1) is 20.2. The first-order chi connectivity index (χ1) is 14.0. The van der Waals surface area contributed by atoms with Gasteiger partial charge in [-0.1, -0.05) is 0 Å². The molecule has 2 aromatic carbocycles. The minimum atomic E-state index is -2.94. The Hall–Kier alpha value is -3.56. The van der Waals surface area contributed by atoms with Crippen LogP contribution in [0.3, 0.4) is 0 Å². The zero-order valence-corrected chi connectivity index (χ0v) is 15.3. The highest BCUT2D eigenvalue weighted by Crippen LogP contribution is 2.40. The molecule has 1 amide bonds. The molecule has 29 heavy (non-hydrogen) atoms. The number of esters is 1. The zero-order valence-electron chi connectivity index (χ0n) is 15.3. The maximum absolute atomic E-state index is 12.3. The molecule has 1 heterocycles. The van der Waals surface area contributed by atoms with Crippen LogP contribution < -0.4 is 24.3 Å². The first-order valence-electron chi connectivity index (χ1n) is 8.45. The summed E-state index contributed by atoms with van der Waals surface area (Å²) in [5.74, 6) is -0.353. The molecular weight excluding hydrogens is 392 g/mol. The van der Waals surface area contributed by atoms with Crippen LogP contribution in [0.5, 0.6) is 23.0 Å². The maximum Gasteiger partial charge on any atom is 0.387 e. The van der Waals surface area contributed by atoms with Gasteiger partial charge in [-0.05, 0) is 36.4 Å². The van der Waals surface area contributed by atoms with Crippen molar-refractivity contribution in [1.29, 1.82) is 0 Å². The molecular formula is C19H17F2NO7. The molecule has 1 aliphatic rings. The summed E-state index contributed by atoms with van der Waals surface area (Å²) in [6.07, 6.45) is 0. The molecule has 0 unspecified atom stereocenters. The highest BCUT2D eigenvalue weighted by molar-refractivity contribution is 5.96. The lowest BCUT2D eigenvalue weighted by Gasteiger charge is -2.21. The number of alkyl halides is 2. The summed E-state index contributed by atoms with van der Waals surface area (Å²) in [7, 11) is 1.42. The Morgan fingerprint density at radius 1 is 1.14 bits per heavy atom. The van der Waals surface area contributed by atoms with Gasteiger partial charge in [0.2, 0.25) is 5.75 Å². The molecule has 0 bridgehead atoms. The predicted octanol–water partition coefficient (Wildman–Crippen LogP) is 2.86. The predicted molar refractivity (Wildman–Crippen MR) is 96.0 cm³/mol. The highest BCUT2D eigenvalue weighted by atomic mass is 19.3. The average molecular weight is 409 g/mol. The van der Waals surface area contributed by atoms with E-state index >= 15 is 0 Å². The Labute approximate surface area is 164 Å². The van der Waals surface area contributed by atoms with E-state index in [4.69, 9.17) is 18.9 Å². The lowest BCUT2D eigenvalue weighted by molar-refractivity contribution is -0.119. The summed E-state index contributed by atoms with van der Waals surface area (Å²) in [6.45, 7) is -2.79. The minimum Gasteiger partial charge on any atom is -0.493 e. The number of benzene rings is 2. The van der Waals surface area contributed by atoms with Gasteiger partial charge in [0.1, 0.15) is 19.0 Å².